The van der Waals surface area contributed by atoms with Crippen LogP contribution in [0.3, 0.4) is 0 Å². The molecule has 148 valence electrons. The van der Waals surface area contributed by atoms with Crippen LogP contribution in [-0.4, -0.2) is 48.1 Å². The van der Waals surface area contributed by atoms with Gasteiger partial charge in [0.25, 0.3) is 5.91 Å². The predicted octanol–water partition coefficient (Wildman–Crippen LogP) is 4.14. The zero-order chi connectivity index (χ0) is 19.8. The molecule has 0 aliphatic carbocycles. The summed E-state index contributed by atoms with van der Waals surface area (Å²) < 4.78 is 5.00. The summed E-state index contributed by atoms with van der Waals surface area (Å²) >= 11 is 0. The smallest absolute Gasteiger partial charge is 0.414 e. The van der Waals surface area contributed by atoms with Crippen molar-refractivity contribution in [2.24, 2.45) is 0 Å². The third-order valence-corrected chi connectivity index (χ3v) is 5.94. The Balaban J connectivity index is 1.27. The molecule has 0 bridgehead atoms. The number of anilines is 1. The molecule has 3 heterocycles. The highest BCUT2D eigenvalue weighted by atomic mass is 16.6. The molecule has 3 aromatic rings. The summed E-state index contributed by atoms with van der Waals surface area (Å²) in [7, 11) is 0. The maximum Gasteiger partial charge on any atom is 0.414 e. The molecular formula is C23H23N3O3. The van der Waals surface area contributed by atoms with Crippen molar-refractivity contribution >= 4 is 28.6 Å². The zero-order valence-corrected chi connectivity index (χ0v) is 16.1. The van der Waals surface area contributed by atoms with E-state index in [-0.39, 0.29) is 12.0 Å². The number of para-hydroxylation sites is 1. The minimum atomic E-state index is -0.353. The molecule has 6 nitrogen and oxygen atoms in total. The number of carbonyl (C=O) groups is 2. The summed E-state index contributed by atoms with van der Waals surface area (Å²) in [6.45, 7) is 2.37. The lowest BCUT2D eigenvalue weighted by Crippen LogP contribution is -2.38. The number of aromatic amines is 1. The van der Waals surface area contributed by atoms with Gasteiger partial charge in [0.05, 0.1) is 6.54 Å². The summed E-state index contributed by atoms with van der Waals surface area (Å²) in [5.41, 5.74) is 3.75. The SMILES string of the molecule is O=C(c1cccc(N2CCOC2=O)c1)N1CCC(c2cc3ccccc3[nH]2)CC1. The molecule has 1 aromatic heterocycles. The van der Waals surface area contributed by atoms with Crippen molar-refractivity contribution in [2.75, 3.05) is 31.1 Å². The summed E-state index contributed by atoms with van der Waals surface area (Å²) in [5, 5.41) is 1.23. The van der Waals surface area contributed by atoms with Gasteiger partial charge in [-0.25, -0.2) is 4.79 Å². The number of amides is 2. The first-order valence-electron chi connectivity index (χ1n) is 10.1. The van der Waals surface area contributed by atoms with E-state index in [1.54, 1.807) is 11.0 Å². The van der Waals surface area contributed by atoms with Crippen molar-refractivity contribution in [3.05, 3.63) is 65.9 Å². The van der Waals surface area contributed by atoms with Gasteiger partial charge in [0.2, 0.25) is 0 Å². The van der Waals surface area contributed by atoms with E-state index in [9.17, 15) is 9.59 Å². The van der Waals surface area contributed by atoms with Crippen LogP contribution in [0, 0.1) is 0 Å². The summed E-state index contributed by atoms with van der Waals surface area (Å²) in [6.07, 6.45) is 1.53. The van der Waals surface area contributed by atoms with E-state index in [1.165, 1.54) is 16.6 Å². The topological polar surface area (TPSA) is 65.6 Å². The summed E-state index contributed by atoms with van der Waals surface area (Å²) in [6, 6.07) is 17.8. The molecular weight excluding hydrogens is 366 g/mol. The lowest BCUT2D eigenvalue weighted by atomic mass is 9.93. The van der Waals surface area contributed by atoms with Crippen LogP contribution in [0.1, 0.15) is 34.8 Å². The van der Waals surface area contributed by atoms with Crippen LogP contribution in [0.2, 0.25) is 0 Å². The lowest BCUT2D eigenvalue weighted by molar-refractivity contribution is 0.0712. The van der Waals surface area contributed by atoms with Gasteiger partial charge in [0.15, 0.2) is 0 Å². The molecule has 0 saturated carbocycles. The number of hydrogen-bond donors (Lipinski definition) is 1. The van der Waals surface area contributed by atoms with E-state index in [1.807, 2.05) is 29.2 Å². The molecule has 2 aliphatic heterocycles. The fourth-order valence-electron chi connectivity index (χ4n) is 4.33. The molecule has 0 radical (unpaired) electrons. The van der Waals surface area contributed by atoms with Crippen LogP contribution >= 0.6 is 0 Å². The number of rotatable bonds is 3. The summed E-state index contributed by atoms with van der Waals surface area (Å²) in [4.78, 5) is 31.8. The first-order valence-corrected chi connectivity index (χ1v) is 10.1. The van der Waals surface area contributed by atoms with E-state index in [0.717, 1.165) is 25.9 Å². The minimum absolute atomic E-state index is 0.0227. The van der Waals surface area contributed by atoms with Crippen LogP contribution in [-0.2, 0) is 4.74 Å². The molecule has 29 heavy (non-hydrogen) atoms. The van der Waals surface area contributed by atoms with Crippen LogP contribution < -0.4 is 4.90 Å². The Kier molecular flexibility index (Phi) is 4.46. The van der Waals surface area contributed by atoms with Gasteiger partial charge in [-0.05, 0) is 48.6 Å². The zero-order valence-electron chi connectivity index (χ0n) is 16.1. The van der Waals surface area contributed by atoms with Gasteiger partial charge in [-0.2, -0.15) is 0 Å². The van der Waals surface area contributed by atoms with E-state index < -0.39 is 0 Å². The fraction of sp³-hybridized carbons (Fsp3) is 0.304. The molecule has 1 N–H and O–H groups in total. The van der Waals surface area contributed by atoms with Gasteiger partial charge in [-0.1, -0.05) is 24.3 Å². The Morgan fingerprint density at radius 2 is 1.83 bits per heavy atom. The first kappa shape index (κ1) is 17.8. The molecule has 0 spiro atoms. The average molecular weight is 389 g/mol. The van der Waals surface area contributed by atoms with Crippen molar-refractivity contribution < 1.29 is 14.3 Å². The van der Waals surface area contributed by atoms with Crippen molar-refractivity contribution in [1.82, 2.24) is 9.88 Å². The van der Waals surface area contributed by atoms with Gasteiger partial charge in [0, 0.05) is 41.5 Å². The molecule has 2 aliphatic rings. The molecule has 2 saturated heterocycles. The van der Waals surface area contributed by atoms with Crippen molar-refractivity contribution in [3.63, 3.8) is 0 Å². The third kappa shape index (κ3) is 3.35. The second-order valence-electron chi connectivity index (χ2n) is 7.69. The van der Waals surface area contributed by atoms with Gasteiger partial charge in [-0.3, -0.25) is 9.69 Å². The van der Waals surface area contributed by atoms with Crippen LogP contribution in [0.5, 0.6) is 0 Å². The second-order valence-corrected chi connectivity index (χ2v) is 7.69. The van der Waals surface area contributed by atoms with Gasteiger partial charge < -0.3 is 14.6 Å². The largest absolute Gasteiger partial charge is 0.447 e. The van der Waals surface area contributed by atoms with Gasteiger partial charge >= 0.3 is 6.09 Å². The van der Waals surface area contributed by atoms with E-state index in [2.05, 4.69) is 29.2 Å². The van der Waals surface area contributed by atoms with E-state index >= 15 is 0 Å². The Hall–Kier alpha value is -3.28. The minimum Gasteiger partial charge on any atom is -0.447 e. The Morgan fingerprint density at radius 1 is 1.00 bits per heavy atom. The molecule has 2 fully saturated rings. The lowest BCUT2D eigenvalue weighted by Gasteiger charge is -2.32. The number of benzene rings is 2. The number of ether oxygens (including phenoxy) is 1. The number of H-pyrrole nitrogens is 1. The number of likely N-dealkylation sites (tertiary alicyclic amines) is 1. The molecule has 2 aromatic carbocycles. The maximum absolute atomic E-state index is 13.0. The highest BCUT2D eigenvalue weighted by Crippen LogP contribution is 2.31. The number of carbonyl (C=O) groups excluding carboxylic acids is 2. The van der Waals surface area contributed by atoms with Crippen molar-refractivity contribution in [3.8, 4) is 0 Å². The standard InChI is InChI=1S/C23H23N3O3/c27-22(18-5-3-6-19(14-18)26-12-13-29-23(26)28)25-10-8-16(9-11-25)21-15-17-4-1-2-7-20(17)24-21/h1-7,14-16,24H,8-13H2. The molecule has 0 atom stereocenters. The number of fused-ring (bicyclic) bond motifs is 1. The van der Waals surface area contributed by atoms with E-state index in [4.69, 9.17) is 4.74 Å². The highest BCUT2D eigenvalue weighted by Gasteiger charge is 2.27. The Bertz CT molecular complexity index is 1030. The van der Waals surface area contributed by atoms with Crippen LogP contribution in [0.4, 0.5) is 10.5 Å². The quantitative estimate of drug-likeness (QED) is 0.732. The molecule has 0 unspecified atom stereocenters. The molecule has 6 heteroatoms. The highest BCUT2D eigenvalue weighted by molar-refractivity contribution is 5.97. The van der Waals surface area contributed by atoms with Crippen LogP contribution in [0.25, 0.3) is 10.9 Å². The molecule has 5 rings (SSSR count). The first-order chi connectivity index (χ1) is 14.2. The van der Waals surface area contributed by atoms with Crippen molar-refractivity contribution in [2.45, 2.75) is 18.8 Å². The van der Waals surface area contributed by atoms with E-state index in [0.29, 0.717) is 30.3 Å². The van der Waals surface area contributed by atoms with Gasteiger partial charge in [-0.15, -0.1) is 0 Å². The number of aromatic nitrogens is 1. The number of nitrogens with one attached hydrogen (secondary N) is 1. The monoisotopic (exact) mass is 389 g/mol. The fourth-order valence-corrected chi connectivity index (χ4v) is 4.33. The average Bonchev–Trinajstić information content (AvgIpc) is 3.39. The summed E-state index contributed by atoms with van der Waals surface area (Å²) in [5.74, 6) is 0.465. The van der Waals surface area contributed by atoms with Crippen molar-refractivity contribution in [1.29, 1.82) is 0 Å². The number of nitrogens with zero attached hydrogens (tertiary/aromatic N) is 2. The normalized spacial score (nSPS) is 17.7. The second kappa shape index (κ2) is 7.28. The Morgan fingerprint density at radius 3 is 2.59 bits per heavy atom. The number of piperidine rings is 1. The number of cyclic esters (lactones) is 1. The van der Waals surface area contributed by atoms with Gasteiger partial charge in [0.1, 0.15) is 6.61 Å². The maximum atomic E-state index is 13.0. The molecule has 2 amide bonds. The van der Waals surface area contributed by atoms with Crippen LogP contribution in [0.15, 0.2) is 54.6 Å². The third-order valence-electron chi connectivity index (χ3n) is 5.94. The predicted molar refractivity (Wildman–Crippen MR) is 111 cm³/mol. The Labute approximate surface area is 169 Å². The number of hydrogen-bond acceptors (Lipinski definition) is 3.